The number of carbonyl (C=O) groups is 1. The molecule has 2 aliphatic carbocycles. The van der Waals surface area contributed by atoms with Crippen molar-refractivity contribution in [2.75, 3.05) is 13.7 Å². The molecule has 2 unspecified atom stereocenters. The highest BCUT2D eigenvalue weighted by atomic mass is 16.5. The van der Waals surface area contributed by atoms with Crippen LogP contribution in [0.25, 0.3) is 27.9 Å². The van der Waals surface area contributed by atoms with Crippen molar-refractivity contribution in [1.29, 1.82) is 0 Å². The molecule has 3 fully saturated rings. The number of piperidine rings is 1. The summed E-state index contributed by atoms with van der Waals surface area (Å²) in [5.74, 6) is 2.28. The molecule has 4 aromatic heterocycles. The van der Waals surface area contributed by atoms with E-state index in [4.69, 9.17) is 9.84 Å². The molecular formula is C27H30N6O2. The molecule has 2 bridgehead atoms. The topological polar surface area (TPSA) is 77.6 Å². The van der Waals surface area contributed by atoms with Crippen LogP contribution in [0.3, 0.4) is 0 Å². The lowest BCUT2D eigenvalue weighted by Crippen LogP contribution is -2.39. The summed E-state index contributed by atoms with van der Waals surface area (Å²) in [4.78, 5) is 24.9. The van der Waals surface area contributed by atoms with E-state index in [1.165, 1.54) is 19.3 Å². The molecule has 180 valence electrons. The van der Waals surface area contributed by atoms with Crippen molar-refractivity contribution in [3.05, 3.63) is 41.9 Å². The Bertz CT molecular complexity index is 1480. The Morgan fingerprint density at radius 1 is 1.23 bits per heavy atom. The summed E-state index contributed by atoms with van der Waals surface area (Å²) >= 11 is 0. The van der Waals surface area contributed by atoms with Gasteiger partial charge in [-0.15, -0.1) is 0 Å². The second-order valence-corrected chi connectivity index (χ2v) is 10.6. The highest BCUT2D eigenvalue weighted by Crippen LogP contribution is 2.43. The largest absolute Gasteiger partial charge is 0.479 e. The van der Waals surface area contributed by atoms with Crippen LogP contribution in [0, 0.1) is 24.7 Å². The van der Waals surface area contributed by atoms with Crippen LogP contribution >= 0.6 is 0 Å². The molecule has 0 spiro atoms. The monoisotopic (exact) mass is 470 g/mol. The first-order valence-electron chi connectivity index (χ1n) is 12.7. The van der Waals surface area contributed by atoms with E-state index in [2.05, 4.69) is 40.5 Å². The number of ether oxygens (including phenoxy) is 1. The lowest BCUT2D eigenvalue weighted by molar-refractivity contribution is 0.0688. The number of amides is 1. The van der Waals surface area contributed by atoms with Gasteiger partial charge in [-0.2, -0.15) is 5.10 Å². The van der Waals surface area contributed by atoms with Gasteiger partial charge in [-0.25, -0.2) is 14.5 Å². The molecule has 3 aliphatic rings. The van der Waals surface area contributed by atoms with Gasteiger partial charge in [-0.05, 0) is 68.6 Å². The predicted octanol–water partition coefficient (Wildman–Crippen LogP) is 4.34. The Hall–Kier alpha value is -3.42. The zero-order valence-electron chi connectivity index (χ0n) is 20.4. The summed E-state index contributed by atoms with van der Waals surface area (Å²) < 4.78 is 9.78. The van der Waals surface area contributed by atoms with Gasteiger partial charge in [0.1, 0.15) is 16.9 Å². The van der Waals surface area contributed by atoms with Crippen molar-refractivity contribution in [2.24, 2.45) is 17.8 Å². The Balaban J connectivity index is 1.35. The molecule has 4 aromatic rings. The quantitative estimate of drug-likeness (QED) is 0.434. The van der Waals surface area contributed by atoms with Crippen molar-refractivity contribution in [3.63, 3.8) is 0 Å². The number of nitrogens with zero attached hydrogens (tertiary/aromatic N) is 6. The van der Waals surface area contributed by atoms with Crippen molar-refractivity contribution in [3.8, 4) is 17.3 Å². The van der Waals surface area contributed by atoms with E-state index in [0.717, 1.165) is 53.0 Å². The predicted molar refractivity (Wildman–Crippen MR) is 132 cm³/mol. The number of aryl methyl sites for hydroxylation is 1. The smallest absolute Gasteiger partial charge is 0.274 e. The van der Waals surface area contributed by atoms with E-state index >= 15 is 0 Å². The minimum atomic E-state index is -0.0222. The summed E-state index contributed by atoms with van der Waals surface area (Å²) in [6, 6.07) is 6.56. The maximum Gasteiger partial charge on any atom is 0.274 e. The van der Waals surface area contributed by atoms with E-state index in [1.807, 2.05) is 17.2 Å². The van der Waals surface area contributed by atoms with Gasteiger partial charge in [0.15, 0.2) is 5.69 Å². The number of likely N-dealkylation sites (tertiary alicyclic amines) is 1. The van der Waals surface area contributed by atoms with E-state index in [9.17, 15) is 4.79 Å². The van der Waals surface area contributed by atoms with E-state index in [1.54, 1.807) is 17.8 Å². The number of fused-ring (bicyclic) bond motifs is 4. The zero-order chi connectivity index (χ0) is 23.8. The molecule has 5 heterocycles. The summed E-state index contributed by atoms with van der Waals surface area (Å²) in [6.07, 6.45) is 8.45. The second-order valence-electron chi connectivity index (χ2n) is 10.6. The first-order valence-corrected chi connectivity index (χ1v) is 12.7. The summed E-state index contributed by atoms with van der Waals surface area (Å²) in [7, 11) is 1.61. The van der Waals surface area contributed by atoms with Gasteiger partial charge >= 0.3 is 0 Å². The summed E-state index contributed by atoms with van der Waals surface area (Å²) in [5, 5.41) is 6.09. The first-order chi connectivity index (χ1) is 17.0. The summed E-state index contributed by atoms with van der Waals surface area (Å²) in [5.41, 5.74) is 5.09. The van der Waals surface area contributed by atoms with Gasteiger partial charge in [0.05, 0.1) is 19.0 Å². The number of methoxy groups -OCH3 is 1. The number of carbonyl (C=O) groups excluding carboxylic acids is 1. The SMILES string of the molecule is COc1nc(C(=O)N2CC3CCC2[C@@H]3C)cn2nc(-c3cc4cccnc4n3CC3CC3)c(C)c12. The van der Waals surface area contributed by atoms with Crippen molar-refractivity contribution >= 4 is 22.5 Å². The second kappa shape index (κ2) is 7.54. The van der Waals surface area contributed by atoms with Crippen LogP contribution in [0.2, 0.25) is 0 Å². The van der Waals surface area contributed by atoms with Crippen LogP contribution in [0.1, 0.15) is 48.7 Å². The van der Waals surface area contributed by atoms with Crippen LogP contribution in [-0.2, 0) is 6.54 Å². The van der Waals surface area contributed by atoms with E-state index in [0.29, 0.717) is 35.4 Å². The lowest BCUT2D eigenvalue weighted by Gasteiger charge is -2.27. The number of pyridine rings is 1. The number of aromatic nitrogens is 5. The van der Waals surface area contributed by atoms with Gasteiger partial charge in [0.25, 0.3) is 5.91 Å². The van der Waals surface area contributed by atoms with Crippen LogP contribution in [-0.4, -0.2) is 54.7 Å². The molecule has 0 radical (unpaired) electrons. The molecule has 0 aromatic carbocycles. The first kappa shape index (κ1) is 20.9. The van der Waals surface area contributed by atoms with Crippen LogP contribution < -0.4 is 4.74 Å². The normalized spacial score (nSPS) is 23.6. The fraction of sp³-hybridized carbons (Fsp3) is 0.481. The molecule has 7 rings (SSSR count). The third-order valence-corrected chi connectivity index (χ3v) is 8.54. The van der Waals surface area contributed by atoms with Gasteiger partial charge in [-0.1, -0.05) is 6.92 Å². The summed E-state index contributed by atoms with van der Waals surface area (Å²) in [6.45, 7) is 6.09. The molecule has 0 N–H and O–H groups in total. The highest BCUT2D eigenvalue weighted by molar-refractivity contribution is 5.94. The zero-order valence-corrected chi connectivity index (χ0v) is 20.4. The standard InChI is InChI=1S/C27H30N6O2/c1-15-19-8-9-21(15)32(13-19)27(34)20-14-33-24(26(29-20)35-3)16(2)23(30-33)22-11-18-5-4-10-28-25(18)31(22)12-17-6-7-17/h4-5,10-11,14-15,17,19,21H,6-9,12-13H2,1-3H3/t15-,19?,21?/m1/s1. The van der Waals surface area contributed by atoms with Gasteiger partial charge < -0.3 is 14.2 Å². The van der Waals surface area contributed by atoms with Crippen molar-refractivity contribution in [1.82, 2.24) is 29.0 Å². The molecule has 8 heteroatoms. The van der Waals surface area contributed by atoms with E-state index < -0.39 is 0 Å². The van der Waals surface area contributed by atoms with Gasteiger partial charge in [0, 0.05) is 36.3 Å². The molecule has 3 atom stereocenters. The minimum absolute atomic E-state index is 0.0222. The average Bonchev–Trinajstić information content (AvgIpc) is 3.27. The van der Waals surface area contributed by atoms with Crippen molar-refractivity contribution < 1.29 is 9.53 Å². The fourth-order valence-electron chi connectivity index (χ4n) is 6.38. The average molecular weight is 471 g/mol. The maximum atomic E-state index is 13.5. The molecule has 1 saturated heterocycles. The van der Waals surface area contributed by atoms with E-state index in [-0.39, 0.29) is 5.91 Å². The Kier molecular flexibility index (Phi) is 4.50. The Morgan fingerprint density at radius 3 is 2.80 bits per heavy atom. The minimum Gasteiger partial charge on any atom is -0.479 e. The molecule has 2 saturated carbocycles. The molecular weight excluding hydrogens is 440 g/mol. The lowest BCUT2D eigenvalue weighted by atomic mass is 10.0. The number of hydrogen-bond donors (Lipinski definition) is 0. The molecule has 1 aliphatic heterocycles. The number of hydrogen-bond acceptors (Lipinski definition) is 5. The Labute approximate surface area is 203 Å². The maximum absolute atomic E-state index is 13.5. The highest BCUT2D eigenvalue weighted by Gasteiger charge is 2.46. The fourth-order valence-corrected chi connectivity index (χ4v) is 6.38. The Morgan fingerprint density at radius 2 is 2.09 bits per heavy atom. The molecule has 1 amide bonds. The van der Waals surface area contributed by atoms with Crippen LogP contribution in [0.4, 0.5) is 0 Å². The molecule has 35 heavy (non-hydrogen) atoms. The third kappa shape index (κ3) is 3.11. The third-order valence-electron chi connectivity index (χ3n) is 8.54. The van der Waals surface area contributed by atoms with Gasteiger partial charge in [0.2, 0.25) is 5.88 Å². The van der Waals surface area contributed by atoms with Gasteiger partial charge in [-0.3, -0.25) is 4.79 Å². The van der Waals surface area contributed by atoms with Crippen LogP contribution in [0.5, 0.6) is 5.88 Å². The van der Waals surface area contributed by atoms with Crippen LogP contribution in [0.15, 0.2) is 30.6 Å². The molecule has 8 nitrogen and oxygen atoms in total. The number of rotatable bonds is 5. The van der Waals surface area contributed by atoms with Crippen molar-refractivity contribution in [2.45, 2.75) is 52.1 Å².